The first-order chi connectivity index (χ1) is 8.43. The summed E-state index contributed by atoms with van der Waals surface area (Å²) in [4.78, 5) is 12.1. The molecule has 0 aromatic heterocycles. The second-order valence-electron chi connectivity index (χ2n) is 5.28. The number of rotatable bonds is 5. The molecule has 18 heavy (non-hydrogen) atoms. The van der Waals surface area contributed by atoms with Gasteiger partial charge in [-0.3, -0.25) is 4.79 Å². The molecule has 0 spiro atoms. The Balaban J connectivity index is 2.70. The van der Waals surface area contributed by atoms with Crippen LogP contribution in [0.5, 0.6) is 0 Å². The van der Waals surface area contributed by atoms with Gasteiger partial charge < -0.3 is 10.6 Å². The van der Waals surface area contributed by atoms with E-state index >= 15 is 0 Å². The predicted octanol–water partition coefficient (Wildman–Crippen LogP) is 3.20. The molecule has 1 rings (SSSR count). The Labute approximate surface area is 110 Å². The Hall–Kier alpha value is -1.51. The van der Waals surface area contributed by atoms with Crippen LogP contribution in [0.4, 0.5) is 5.69 Å². The van der Waals surface area contributed by atoms with E-state index in [1.54, 1.807) is 0 Å². The van der Waals surface area contributed by atoms with Gasteiger partial charge in [-0.2, -0.15) is 0 Å². The number of anilines is 1. The third-order valence-electron chi connectivity index (χ3n) is 2.96. The Morgan fingerprint density at radius 1 is 1.28 bits per heavy atom. The minimum absolute atomic E-state index is 0.00824. The fraction of sp³-hybridized carbons (Fsp3) is 0.533. The van der Waals surface area contributed by atoms with Gasteiger partial charge in [0.2, 0.25) is 0 Å². The summed E-state index contributed by atoms with van der Waals surface area (Å²) in [6.07, 6.45) is 0.999. The number of benzene rings is 1. The largest absolute Gasteiger partial charge is 0.388 e. The fourth-order valence-electron chi connectivity index (χ4n) is 2.16. The van der Waals surface area contributed by atoms with E-state index in [2.05, 4.69) is 24.5 Å². The van der Waals surface area contributed by atoms with Gasteiger partial charge in [-0.25, -0.2) is 0 Å². The Morgan fingerprint density at radius 3 is 2.44 bits per heavy atom. The monoisotopic (exact) mass is 248 g/mol. The highest BCUT2D eigenvalue weighted by atomic mass is 16.1. The Bertz CT molecular complexity index is 413. The van der Waals surface area contributed by atoms with Crippen molar-refractivity contribution in [3.8, 4) is 0 Å². The van der Waals surface area contributed by atoms with Crippen molar-refractivity contribution in [1.82, 2.24) is 5.32 Å². The van der Waals surface area contributed by atoms with Gasteiger partial charge in [0.25, 0.3) is 5.91 Å². The fourth-order valence-corrected chi connectivity index (χ4v) is 2.16. The standard InChI is InChI=1S/C15H24N2O/c1-10(2)8-12(4)17-15(18)13-6-7-14(16-5)11(3)9-13/h6-7,9-10,12,16H,8H2,1-5H3,(H,17,18). The number of amides is 1. The van der Waals surface area contributed by atoms with Crippen LogP contribution in [-0.4, -0.2) is 19.0 Å². The molecule has 2 N–H and O–H groups in total. The molecule has 100 valence electrons. The zero-order chi connectivity index (χ0) is 13.7. The molecule has 1 atom stereocenters. The molecule has 0 aliphatic rings. The first kappa shape index (κ1) is 14.6. The molecule has 0 radical (unpaired) electrons. The quantitative estimate of drug-likeness (QED) is 0.840. The second kappa shape index (κ2) is 6.43. The van der Waals surface area contributed by atoms with E-state index in [0.29, 0.717) is 5.92 Å². The molecule has 0 aliphatic carbocycles. The summed E-state index contributed by atoms with van der Waals surface area (Å²) in [6, 6.07) is 5.93. The summed E-state index contributed by atoms with van der Waals surface area (Å²) >= 11 is 0. The molecule has 0 bridgehead atoms. The van der Waals surface area contributed by atoms with Gasteiger partial charge in [0, 0.05) is 24.3 Å². The van der Waals surface area contributed by atoms with Crippen LogP contribution < -0.4 is 10.6 Å². The molecule has 0 saturated carbocycles. The third kappa shape index (κ3) is 4.06. The molecular formula is C15H24N2O. The number of nitrogens with one attached hydrogen (secondary N) is 2. The molecular weight excluding hydrogens is 224 g/mol. The van der Waals surface area contributed by atoms with E-state index in [4.69, 9.17) is 0 Å². The van der Waals surface area contributed by atoms with Crippen LogP contribution in [0.1, 0.15) is 43.1 Å². The van der Waals surface area contributed by atoms with Gasteiger partial charge in [0.05, 0.1) is 0 Å². The summed E-state index contributed by atoms with van der Waals surface area (Å²) < 4.78 is 0. The predicted molar refractivity (Wildman–Crippen MR) is 77.1 cm³/mol. The maximum absolute atomic E-state index is 12.1. The normalized spacial score (nSPS) is 12.3. The summed E-state index contributed by atoms with van der Waals surface area (Å²) in [7, 11) is 1.88. The van der Waals surface area contributed by atoms with E-state index in [9.17, 15) is 4.79 Å². The number of carbonyl (C=O) groups excluding carboxylic acids is 1. The SMILES string of the molecule is CNc1ccc(C(=O)NC(C)CC(C)C)cc1C. The minimum atomic E-state index is 0.00824. The van der Waals surface area contributed by atoms with Crippen molar-refractivity contribution < 1.29 is 4.79 Å². The van der Waals surface area contributed by atoms with Crippen LogP contribution in [0.3, 0.4) is 0 Å². The van der Waals surface area contributed by atoms with Gasteiger partial charge in [-0.1, -0.05) is 13.8 Å². The molecule has 0 heterocycles. The lowest BCUT2D eigenvalue weighted by atomic mass is 10.0. The van der Waals surface area contributed by atoms with E-state index < -0.39 is 0 Å². The number of hydrogen-bond donors (Lipinski definition) is 2. The lowest BCUT2D eigenvalue weighted by Crippen LogP contribution is -2.33. The average Bonchev–Trinajstić information content (AvgIpc) is 2.27. The van der Waals surface area contributed by atoms with Gasteiger partial charge in [-0.05, 0) is 49.9 Å². The van der Waals surface area contributed by atoms with Gasteiger partial charge in [0.1, 0.15) is 0 Å². The zero-order valence-electron chi connectivity index (χ0n) is 12.0. The van der Waals surface area contributed by atoms with E-state index in [1.165, 1.54) is 0 Å². The number of carbonyl (C=O) groups is 1. The summed E-state index contributed by atoms with van der Waals surface area (Å²) in [5.74, 6) is 0.600. The molecule has 3 heteroatoms. The van der Waals surface area contributed by atoms with Crippen molar-refractivity contribution in [3.05, 3.63) is 29.3 Å². The van der Waals surface area contributed by atoms with Crippen LogP contribution >= 0.6 is 0 Å². The van der Waals surface area contributed by atoms with Gasteiger partial charge in [0.15, 0.2) is 0 Å². The highest BCUT2D eigenvalue weighted by Crippen LogP contribution is 2.16. The van der Waals surface area contributed by atoms with Crippen LogP contribution in [0.2, 0.25) is 0 Å². The van der Waals surface area contributed by atoms with Crippen molar-refractivity contribution in [1.29, 1.82) is 0 Å². The second-order valence-corrected chi connectivity index (χ2v) is 5.28. The summed E-state index contributed by atoms with van der Waals surface area (Å²) in [5, 5.41) is 6.13. The molecule has 0 fully saturated rings. The topological polar surface area (TPSA) is 41.1 Å². The molecule has 1 amide bonds. The van der Waals surface area contributed by atoms with Crippen LogP contribution in [-0.2, 0) is 0 Å². The van der Waals surface area contributed by atoms with Crippen LogP contribution in [0, 0.1) is 12.8 Å². The maximum atomic E-state index is 12.1. The highest BCUT2D eigenvalue weighted by molar-refractivity contribution is 5.95. The van der Waals surface area contributed by atoms with Crippen molar-refractivity contribution in [2.45, 2.75) is 40.2 Å². The zero-order valence-corrected chi connectivity index (χ0v) is 12.0. The van der Waals surface area contributed by atoms with Crippen molar-refractivity contribution in [2.75, 3.05) is 12.4 Å². The first-order valence-corrected chi connectivity index (χ1v) is 6.53. The highest BCUT2D eigenvalue weighted by Gasteiger charge is 2.11. The van der Waals surface area contributed by atoms with Gasteiger partial charge in [-0.15, -0.1) is 0 Å². The lowest BCUT2D eigenvalue weighted by molar-refractivity contribution is 0.0936. The van der Waals surface area contributed by atoms with Crippen molar-refractivity contribution >= 4 is 11.6 Å². The molecule has 0 aliphatic heterocycles. The first-order valence-electron chi connectivity index (χ1n) is 6.53. The molecule has 3 nitrogen and oxygen atoms in total. The maximum Gasteiger partial charge on any atom is 0.251 e. The number of aryl methyl sites for hydroxylation is 1. The van der Waals surface area contributed by atoms with E-state index in [1.807, 2.05) is 39.1 Å². The third-order valence-corrected chi connectivity index (χ3v) is 2.96. The average molecular weight is 248 g/mol. The minimum Gasteiger partial charge on any atom is -0.388 e. The summed E-state index contributed by atoms with van der Waals surface area (Å²) in [5.41, 5.74) is 2.87. The van der Waals surface area contributed by atoms with Crippen molar-refractivity contribution in [2.24, 2.45) is 5.92 Å². The Morgan fingerprint density at radius 2 is 1.94 bits per heavy atom. The molecule has 1 unspecified atom stereocenters. The smallest absolute Gasteiger partial charge is 0.251 e. The number of hydrogen-bond acceptors (Lipinski definition) is 2. The summed E-state index contributed by atoms with van der Waals surface area (Å²) in [6.45, 7) is 8.37. The van der Waals surface area contributed by atoms with Gasteiger partial charge >= 0.3 is 0 Å². The molecule has 1 aromatic rings. The molecule has 1 aromatic carbocycles. The van der Waals surface area contributed by atoms with E-state index in [0.717, 1.165) is 23.2 Å². The van der Waals surface area contributed by atoms with Crippen molar-refractivity contribution in [3.63, 3.8) is 0 Å². The van der Waals surface area contributed by atoms with Crippen LogP contribution in [0.25, 0.3) is 0 Å². The van der Waals surface area contributed by atoms with E-state index in [-0.39, 0.29) is 11.9 Å². The Kier molecular flexibility index (Phi) is 5.20. The molecule has 0 saturated heterocycles. The lowest BCUT2D eigenvalue weighted by Gasteiger charge is -2.16. The van der Waals surface area contributed by atoms with Crippen LogP contribution in [0.15, 0.2) is 18.2 Å².